The number of aliphatic carboxylic acids is 1. The maximum Gasteiger partial charge on any atom is 0.321 e. The van der Waals surface area contributed by atoms with Crippen LogP contribution in [0.2, 0.25) is 0 Å². The molecule has 1 aromatic rings. The van der Waals surface area contributed by atoms with Crippen molar-refractivity contribution in [1.29, 1.82) is 0 Å². The van der Waals surface area contributed by atoms with Gasteiger partial charge >= 0.3 is 5.97 Å². The quantitative estimate of drug-likeness (QED) is 0.818. The molecule has 3 N–H and O–H groups in total. The topological polar surface area (TPSA) is 63.3 Å². The first kappa shape index (κ1) is 12.7. The molecule has 0 radical (unpaired) electrons. The van der Waals surface area contributed by atoms with Crippen molar-refractivity contribution in [1.82, 2.24) is 0 Å². The predicted molar refractivity (Wildman–Crippen MR) is 64.6 cm³/mol. The highest BCUT2D eigenvalue weighted by atomic mass is 16.4. The second-order valence-electron chi connectivity index (χ2n) is 4.15. The van der Waals surface area contributed by atoms with Crippen molar-refractivity contribution in [2.75, 3.05) is 0 Å². The van der Waals surface area contributed by atoms with E-state index in [1.807, 2.05) is 32.0 Å². The largest absolute Gasteiger partial charge is 0.480 e. The molecule has 1 rings (SSSR count). The fourth-order valence-corrected chi connectivity index (χ4v) is 2.04. The van der Waals surface area contributed by atoms with Gasteiger partial charge in [0, 0.05) is 5.92 Å². The van der Waals surface area contributed by atoms with E-state index in [2.05, 4.69) is 6.92 Å². The Morgan fingerprint density at radius 1 is 1.50 bits per heavy atom. The van der Waals surface area contributed by atoms with Crippen LogP contribution in [-0.2, 0) is 11.2 Å². The Bertz CT molecular complexity index is 388. The van der Waals surface area contributed by atoms with Crippen molar-refractivity contribution in [3.8, 4) is 0 Å². The van der Waals surface area contributed by atoms with E-state index >= 15 is 0 Å². The molecule has 0 saturated carbocycles. The summed E-state index contributed by atoms with van der Waals surface area (Å²) in [6, 6.07) is 5.13. The van der Waals surface area contributed by atoms with Crippen LogP contribution in [0.5, 0.6) is 0 Å². The van der Waals surface area contributed by atoms with E-state index in [9.17, 15) is 4.79 Å². The number of aryl methyl sites for hydroxylation is 1. The van der Waals surface area contributed by atoms with Gasteiger partial charge in [0.1, 0.15) is 6.04 Å². The lowest BCUT2D eigenvalue weighted by atomic mass is 9.87. The molecule has 1 aromatic carbocycles. The molecule has 0 aliphatic heterocycles. The number of carboxylic acids is 1. The van der Waals surface area contributed by atoms with Crippen molar-refractivity contribution in [2.45, 2.75) is 39.2 Å². The van der Waals surface area contributed by atoms with Crippen LogP contribution in [0.3, 0.4) is 0 Å². The molecule has 0 spiro atoms. The number of hydrogen-bond donors (Lipinski definition) is 2. The van der Waals surface area contributed by atoms with Gasteiger partial charge in [0.2, 0.25) is 0 Å². The Labute approximate surface area is 96.3 Å². The standard InChI is InChI=1S/C13H19NO2/c1-4-10-8(2)6-5-7-11(10)9(3)12(14)13(15)16/h5-7,9,12H,4,14H2,1-3H3,(H,15,16)/t9-,12+/m1/s1. The smallest absolute Gasteiger partial charge is 0.321 e. The molecule has 0 aliphatic carbocycles. The predicted octanol–water partition coefficient (Wildman–Crippen LogP) is 2.07. The lowest BCUT2D eigenvalue weighted by Gasteiger charge is -2.20. The van der Waals surface area contributed by atoms with Crippen LogP contribution in [0.25, 0.3) is 0 Å². The van der Waals surface area contributed by atoms with Gasteiger partial charge in [0.25, 0.3) is 0 Å². The maximum atomic E-state index is 10.9. The molecule has 16 heavy (non-hydrogen) atoms. The summed E-state index contributed by atoms with van der Waals surface area (Å²) < 4.78 is 0. The lowest BCUT2D eigenvalue weighted by Crippen LogP contribution is -2.35. The zero-order chi connectivity index (χ0) is 12.3. The van der Waals surface area contributed by atoms with Crippen molar-refractivity contribution < 1.29 is 9.90 Å². The average Bonchev–Trinajstić information content (AvgIpc) is 2.26. The van der Waals surface area contributed by atoms with Crippen molar-refractivity contribution in [3.63, 3.8) is 0 Å². The van der Waals surface area contributed by atoms with Crippen LogP contribution >= 0.6 is 0 Å². The highest BCUT2D eigenvalue weighted by Crippen LogP contribution is 2.25. The highest BCUT2D eigenvalue weighted by Gasteiger charge is 2.23. The van der Waals surface area contributed by atoms with Crippen LogP contribution in [-0.4, -0.2) is 17.1 Å². The van der Waals surface area contributed by atoms with Crippen molar-refractivity contribution in [3.05, 3.63) is 34.9 Å². The molecule has 0 aromatic heterocycles. The molecule has 3 heteroatoms. The van der Waals surface area contributed by atoms with Gasteiger partial charge in [-0.3, -0.25) is 4.79 Å². The summed E-state index contributed by atoms with van der Waals surface area (Å²) >= 11 is 0. The molecule has 0 aliphatic rings. The molecule has 2 atom stereocenters. The normalized spacial score (nSPS) is 14.5. The molecular weight excluding hydrogens is 202 g/mol. The monoisotopic (exact) mass is 221 g/mol. The Kier molecular flexibility index (Phi) is 4.07. The SMILES string of the molecule is CCc1c(C)cccc1[C@@H](C)[C@H](N)C(=O)O. The first-order chi connectivity index (χ1) is 7.49. The summed E-state index contributed by atoms with van der Waals surface area (Å²) in [5.74, 6) is -1.11. The number of rotatable bonds is 4. The number of hydrogen-bond acceptors (Lipinski definition) is 2. The second kappa shape index (κ2) is 5.12. The highest BCUT2D eigenvalue weighted by molar-refractivity contribution is 5.74. The van der Waals surface area contributed by atoms with Crippen LogP contribution in [0, 0.1) is 6.92 Å². The number of carboxylic acid groups (broad SMARTS) is 1. The van der Waals surface area contributed by atoms with E-state index in [0.29, 0.717) is 0 Å². The van der Waals surface area contributed by atoms with Crippen LogP contribution in [0.1, 0.15) is 36.5 Å². The summed E-state index contributed by atoms with van der Waals surface area (Å²) in [7, 11) is 0. The molecule has 0 fully saturated rings. The Morgan fingerprint density at radius 2 is 2.12 bits per heavy atom. The average molecular weight is 221 g/mol. The molecule has 0 heterocycles. The van der Waals surface area contributed by atoms with Crippen LogP contribution in [0.15, 0.2) is 18.2 Å². The van der Waals surface area contributed by atoms with E-state index in [1.54, 1.807) is 0 Å². The van der Waals surface area contributed by atoms with Gasteiger partial charge in [-0.15, -0.1) is 0 Å². The third kappa shape index (κ3) is 2.42. The summed E-state index contributed by atoms with van der Waals surface area (Å²) in [5.41, 5.74) is 9.13. The fourth-order valence-electron chi connectivity index (χ4n) is 2.04. The Hall–Kier alpha value is -1.35. The van der Waals surface area contributed by atoms with Gasteiger partial charge in [-0.05, 0) is 30.0 Å². The number of nitrogens with two attached hydrogens (primary N) is 1. The third-order valence-electron chi connectivity index (χ3n) is 3.11. The van der Waals surface area contributed by atoms with E-state index in [4.69, 9.17) is 10.8 Å². The van der Waals surface area contributed by atoms with Gasteiger partial charge in [0.15, 0.2) is 0 Å². The number of carbonyl (C=O) groups is 1. The molecule has 0 amide bonds. The summed E-state index contributed by atoms with van der Waals surface area (Å²) in [4.78, 5) is 10.9. The molecule has 88 valence electrons. The van der Waals surface area contributed by atoms with E-state index in [-0.39, 0.29) is 5.92 Å². The summed E-state index contributed by atoms with van der Waals surface area (Å²) in [5, 5.41) is 8.92. The van der Waals surface area contributed by atoms with E-state index < -0.39 is 12.0 Å². The van der Waals surface area contributed by atoms with Gasteiger partial charge in [0.05, 0.1) is 0 Å². The van der Waals surface area contributed by atoms with Crippen molar-refractivity contribution in [2.24, 2.45) is 5.73 Å². The minimum absolute atomic E-state index is 0.160. The summed E-state index contributed by atoms with van der Waals surface area (Å²) in [6.45, 7) is 5.99. The Balaban J connectivity index is 3.12. The third-order valence-corrected chi connectivity index (χ3v) is 3.11. The van der Waals surface area contributed by atoms with Crippen LogP contribution < -0.4 is 5.73 Å². The first-order valence-electron chi connectivity index (χ1n) is 5.55. The zero-order valence-corrected chi connectivity index (χ0v) is 10.0. The van der Waals surface area contributed by atoms with Gasteiger partial charge in [-0.1, -0.05) is 32.0 Å². The summed E-state index contributed by atoms with van der Waals surface area (Å²) in [6.07, 6.45) is 0.901. The number of benzene rings is 1. The Morgan fingerprint density at radius 3 is 2.62 bits per heavy atom. The molecule has 3 nitrogen and oxygen atoms in total. The fraction of sp³-hybridized carbons (Fsp3) is 0.462. The zero-order valence-electron chi connectivity index (χ0n) is 10.0. The minimum atomic E-state index is -0.948. The van der Waals surface area contributed by atoms with Gasteiger partial charge < -0.3 is 10.8 Å². The van der Waals surface area contributed by atoms with E-state index in [1.165, 1.54) is 11.1 Å². The van der Waals surface area contributed by atoms with Gasteiger partial charge in [-0.25, -0.2) is 0 Å². The minimum Gasteiger partial charge on any atom is -0.480 e. The van der Waals surface area contributed by atoms with E-state index in [0.717, 1.165) is 12.0 Å². The first-order valence-corrected chi connectivity index (χ1v) is 5.55. The maximum absolute atomic E-state index is 10.9. The molecule has 0 unspecified atom stereocenters. The molecular formula is C13H19NO2. The second-order valence-corrected chi connectivity index (χ2v) is 4.15. The lowest BCUT2D eigenvalue weighted by molar-refractivity contribution is -0.139. The van der Waals surface area contributed by atoms with Crippen molar-refractivity contribution >= 4 is 5.97 Å². The van der Waals surface area contributed by atoms with Crippen LogP contribution in [0.4, 0.5) is 0 Å². The van der Waals surface area contributed by atoms with Gasteiger partial charge in [-0.2, -0.15) is 0 Å². The molecule has 0 saturated heterocycles. The molecule has 0 bridgehead atoms.